The Kier molecular flexibility index (Phi) is 16.3. The first kappa shape index (κ1) is 28.1. The molecule has 0 amide bonds. The summed E-state index contributed by atoms with van der Waals surface area (Å²) in [5.74, 6) is -0.469. The number of carbonyl (C=O) groups is 1. The average Bonchev–Trinajstić information content (AvgIpc) is 2.78. The number of phenols is 1. The molecule has 0 fully saturated rings. The summed E-state index contributed by atoms with van der Waals surface area (Å²) in [5, 5.41) is 19.2. The number of aromatic hydroxyl groups is 1. The van der Waals surface area contributed by atoms with Crippen molar-refractivity contribution in [1.82, 2.24) is 0 Å². The van der Waals surface area contributed by atoms with E-state index in [4.69, 9.17) is 4.74 Å². The Balaban J connectivity index is 2.07. The van der Waals surface area contributed by atoms with Gasteiger partial charge < -0.3 is 14.9 Å². The zero-order valence-electron chi connectivity index (χ0n) is 20.5. The van der Waals surface area contributed by atoms with Gasteiger partial charge in [-0.2, -0.15) is 0 Å². The number of ether oxygens (including phenoxy) is 1. The lowest BCUT2D eigenvalue weighted by molar-refractivity contribution is -0.132. The normalized spacial score (nSPS) is 11.6. The minimum Gasteiger partial charge on any atom is -0.504 e. The zero-order chi connectivity index (χ0) is 23.4. The van der Waals surface area contributed by atoms with Crippen LogP contribution in [0.15, 0.2) is 23.8 Å². The molecule has 0 aromatic heterocycles. The highest BCUT2D eigenvalue weighted by Crippen LogP contribution is 2.27. The number of phenolic OH excluding ortho intramolecular Hbond substituents is 1. The van der Waals surface area contributed by atoms with Gasteiger partial charge in [0, 0.05) is 5.57 Å². The number of benzene rings is 1. The van der Waals surface area contributed by atoms with E-state index in [1.54, 1.807) is 18.2 Å². The average molecular weight is 447 g/mol. The second kappa shape index (κ2) is 18.6. The van der Waals surface area contributed by atoms with E-state index in [0.717, 1.165) is 18.4 Å². The van der Waals surface area contributed by atoms with Crippen LogP contribution in [-0.2, 0) is 4.79 Å². The van der Waals surface area contributed by atoms with Gasteiger partial charge in [-0.1, -0.05) is 109 Å². The fourth-order valence-corrected chi connectivity index (χ4v) is 4.09. The second-order valence-electron chi connectivity index (χ2n) is 8.96. The molecule has 0 unspecified atom stereocenters. The predicted octanol–water partition coefficient (Wildman–Crippen LogP) is 8.52. The Morgan fingerprint density at radius 2 is 1.28 bits per heavy atom. The van der Waals surface area contributed by atoms with Crippen molar-refractivity contribution in [1.29, 1.82) is 0 Å². The topological polar surface area (TPSA) is 66.8 Å². The lowest BCUT2D eigenvalue weighted by Crippen LogP contribution is -2.00. The molecule has 0 atom stereocenters. The molecule has 0 aliphatic heterocycles. The highest BCUT2D eigenvalue weighted by molar-refractivity contribution is 5.92. The maximum absolute atomic E-state index is 11.6. The van der Waals surface area contributed by atoms with Gasteiger partial charge in [0.15, 0.2) is 11.5 Å². The summed E-state index contributed by atoms with van der Waals surface area (Å²) in [6.07, 6.45) is 23.2. The summed E-state index contributed by atoms with van der Waals surface area (Å²) in [6.45, 7) is 2.27. The number of carboxylic acids is 1. The lowest BCUT2D eigenvalue weighted by atomic mass is 10.0. The first-order valence-corrected chi connectivity index (χ1v) is 12.9. The van der Waals surface area contributed by atoms with Gasteiger partial charge in [0.2, 0.25) is 0 Å². The molecule has 2 N–H and O–H groups in total. The van der Waals surface area contributed by atoms with E-state index < -0.39 is 5.97 Å². The Labute approximate surface area is 196 Å². The summed E-state index contributed by atoms with van der Waals surface area (Å²) in [6, 6.07) is 4.89. The summed E-state index contributed by atoms with van der Waals surface area (Å²) in [7, 11) is 1.48. The number of rotatable bonds is 20. The largest absolute Gasteiger partial charge is 0.504 e. The molecule has 182 valence electrons. The molecule has 0 saturated heterocycles. The highest BCUT2D eigenvalue weighted by Gasteiger charge is 2.09. The van der Waals surface area contributed by atoms with Gasteiger partial charge in [0.1, 0.15) is 0 Å². The molecule has 0 bridgehead atoms. The molecule has 0 radical (unpaired) electrons. The van der Waals surface area contributed by atoms with Gasteiger partial charge in [-0.05, 0) is 36.6 Å². The van der Waals surface area contributed by atoms with Crippen LogP contribution in [0.5, 0.6) is 11.5 Å². The molecule has 0 saturated carbocycles. The van der Waals surface area contributed by atoms with Crippen molar-refractivity contribution in [3.8, 4) is 11.5 Å². The molecule has 0 spiro atoms. The molecule has 1 aromatic rings. The van der Waals surface area contributed by atoms with Crippen molar-refractivity contribution in [2.45, 2.75) is 116 Å². The third-order valence-corrected chi connectivity index (χ3v) is 6.12. The van der Waals surface area contributed by atoms with Gasteiger partial charge in [-0.25, -0.2) is 4.79 Å². The number of aliphatic carboxylic acids is 1. The van der Waals surface area contributed by atoms with Crippen molar-refractivity contribution in [3.63, 3.8) is 0 Å². The SMILES string of the molecule is CCCCCCCCCCCCCCCCCCC(=Cc1ccc(O)c(OC)c1)C(=O)O. The molecule has 0 aliphatic rings. The zero-order valence-corrected chi connectivity index (χ0v) is 20.5. The van der Waals surface area contributed by atoms with Crippen molar-refractivity contribution >= 4 is 12.0 Å². The van der Waals surface area contributed by atoms with E-state index in [-0.39, 0.29) is 5.75 Å². The van der Waals surface area contributed by atoms with E-state index >= 15 is 0 Å². The molecular formula is C28H46O4. The lowest BCUT2D eigenvalue weighted by Gasteiger charge is -2.06. The Morgan fingerprint density at radius 3 is 1.72 bits per heavy atom. The molecule has 32 heavy (non-hydrogen) atoms. The van der Waals surface area contributed by atoms with E-state index in [2.05, 4.69) is 6.92 Å². The quantitative estimate of drug-likeness (QED) is 0.156. The molecule has 0 heterocycles. The van der Waals surface area contributed by atoms with Crippen LogP contribution in [0.4, 0.5) is 0 Å². The second-order valence-corrected chi connectivity index (χ2v) is 8.96. The Bertz CT molecular complexity index is 651. The number of hydrogen-bond donors (Lipinski definition) is 2. The predicted molar refractivity (Wildman–Crippen MR) is 134 cm³/mol. The van der Waals surface area contributed by atoms with Crippen molar-refractivity contribution in [2.24, 2.45) is 0 Å². The van der Waals surface area contributed by atoms with Gasteiger partial charge >= 0.3 is 5.97 Å². The van der Waals surface area contributed by atoms with Crippen LogP contribution in [0.3, 0.4) is 0 Å². The first-order chi connectivity index (χ1) is 15.6. The molecule has 1 rings (SSSR count). The first-order valence-electron chi connectivity index (χ1n) is 12.9. The number of carboxylic acid groups (broad SMARTS) is 1. The molecule has 4 nitrogen and oxygen atoms in total. The van der Waals surface area contributed by atoms with E-state index in [1.807, 2.05) is 0 Å². The van der Waals surface area contributed by atoms with Crippen molar-refractivity contribution < 1.29 is 19.7 Å². The summed E-state index contributed by atoms with van der Waals surface area (Å²) < 4.78 is 5.09. The standard InChI is InChI=1S/C28H46O4/c1-3-4-5-6-7-8-9-10-11-12-13-14-15-16-17-18-19-25(28(30)31)22-24-20-21-26(29)27(23-24)32-2/h20-23,29H,3-19H2,1-2H3,(H,30,31). The molecular weight excluding hydrogens is 400 g/mol. The molecule has 4 heteroatoms. The van der Waals surface area contributed by atoms with Crippen LogP contribution in [0.2, 0.25) is 0 Å². The van der Waals surface area contributed by atoms with Gasteiger partial charge in [-0.3, -0.25) is 0 Å². The fourth-order valence-electron chi connectivity index (χ4n) is 4.09. The number of methoxy groups -OCH3 is 1. The minimum absolute atomic E-state index is 0.0549. The maximum atomic E-state index is 11.6. The highest BCUT2D eigenvalue weighted by atomic mass is 16.5. The Hall–Kier alpha value is -1.97. The fraction of sp³-hybridized carbons (Fsp3) is 0.679. The summed E-state index contributed by atoms with van der Waals surface area (Å²) in [4.78, 5) is 11.6. The van der Waals surface area contributed by atoms with E-state index in [1.165, 1.54) is 103 Å². The summed E-state index contributed by atoms with van der Waals surface area (Å²) >= 11 is 0. The van der Waals surface area contributed by atoms with Crippen LogP contribution in [0.1, 0.15) is 122 Å². The van der Waals surface area contributed by atoms with E-state index in [0.29, 0.717) is 17.7 Å². The molecule has 0 aliphatic carbocycles. The van der Waals surface area contributed by atoms with Crippen molar-refractivity contribution in [2.75, 3.05) is 7.11 Å². The van der Waals surface area contributed by atoms with Gasteiger partial charge in [0.25, 0.3) is 0 Å². The monoisotopic (exact) mass is 446 g/mol. The Morgan fingerprint density at radius 1 is 0.812 bits per heavy atom. The van der Waals surface area contributed by atoms with Crippen LogP contribution >= 0.6 is 0 Å². The third kappa shape index (κ3) is 13.4. The number of hydrogen-bond acceptors (Lipinski definition) is 3. The summed E-state index contributed by atoms with van der Waals surface area (Å²) in [5.41, 5.74) is 1.14. The minimum atomic E-state index is -0.877. The van der Waals surface area contributed by atoms with Gasteiger partial charge in [0.05, 0.1) is 7.11 Å². The smallest absolute Gasteiger partial charge is 0.331 e. The maximum Gasteiger partial charge on any atom is 0.331 e. The van der Waals surface area contributed by atoms with Crippen LogP contribution in [-0.4, -0.2) is 23.3 Å². The van der Waals surface area contributed by atoms with Crippen LogP contribution in [0, 0.1) is 0 Å². The van der Waals surface area contributed by atoms with Crippen LogP contribution in [0.25, 0.3) is 6.08 Å². The number of unbranched alkanes of at least 4 members (excludes halogenated alkanes) is 15. The molecule has 1 aromatic carbocycles. The van der Waals surface area contributed by atoms with E-state index in [9.17, 15) is 15.0 Å². The third-order valence-electron chi connectivity index (χ3n) is 6.12. The van der Waals surface area contributed by atoms with Crippen molar-refractivity contribution in [3.05, 3.63) is 29.3 Å². The van der Waals surface area contributed by atoms with Gasteiger partial charge in [-0.15, -0.1) is 0 Å². The van der Waals surface area contributed by atoms with Crippen LogP contribution < -0.4 is 4.74 Å².